The van der Waals surface area contributed by atoms with Gasteiger partial charge in [-0.25, -0.2) is 9.37 Å². The molecule has 3 aromatic rings. The number of aryl methyl sites for hydroxylation is 3. The van der Waals surface area contributed by atoms with Gasteiger partial charge in [0, 0.05) is 10.4 Å². The number of methoxy groups -OCH3 is 1. The van der Waals surface area contributed by atoms with E-state index in [1.807, 2.05) is 38.1 Å². The molecule has 180 valence electrons. The number of terminal acetylenes is 1. The van der Waals surface area contributed by atoms with Gasteiger partial charge in [0.1, 0.15) is 11.6 Å². The zero-order valence-electron chi connectivity index (χ0n) is 19.8. The van der Waals surface area contributed by atoms with Crippen LogP contribution in [0, 0.1) is 44.9 Å². The fourth-order valence-electron chi connectivity index (χ4n) is 4.16. The number of aromatic nitrogens is 1. The van der Waals surface area contributed by atoms with E-state index in [0.717, 1.165) is 44.6 Å². The van der Waals surface area contributed by atoms with Crippen LogP contribution >= 0.6 is 35.3 Å². The van der Waals surface area contributed by atoms with Crippen molar-refractivity contribution in [2.24, 2.45) is 5.92 Å². The van der Waals surface area contributed by atoms with Gasteiger partial charge >= 0.3 is 0 Å². The number of rotatable bonds is 8. The van der Waals surface area contributed by atoms with Crippen molar-refractivity contribution in [2.75, 3.05) is 18.6 Å². The minimum Gasteiger partial charge on any atom is -0.496 e. The lowest BCUT2D eigenvalue weighted by atomic mass is 9.98. The largest absolute Gasteiger partial charge is 0.496 e. The summed E-state index contributed by atoms with van der Waals surface area (Å²) in [4.78, 5) is 8.20. The fourth-order valence-corrected chi connectivity index (χ4v) is 5.37. The predicted molar refractivity (Wildman–Crippen MR) is 143 cm³/mol. The normalized spacial score (nSPS) is 13.7. The van der Waals surface area contributed by atoms with Gasteiger partial charge in [-0.2, -0.15) is 0 Å². The predicted octanol–water partition coefficient (Wildman–Crippen LogP) is 7.94. The minimum absolute atomic E-state index is 0. The van der Waals surface area contributed by atoms with E-state index in [1.165, 1.54) is 12.8 Å². The second-order valence-electron chi connectivity index (χ2n) is 8.74. The van der Waals surface area contributed by atoms with Crippen LogP contribution in [-0.2, 0) is 0 Å². The molecule has 1 fully saturated rings. The zero-order valence-corrected chi connectivity index (χ0v) is 22.2. The molecule has 0 radical (unpaired) electrons. The highest BCUT2D eigenvalue weighted by atomic mass is 35.5. The highest BCUT2D eigenvalue weighted by Crippen LogP contribution is 2.44. The maximum atomic E-state index is 14.5. The van der Waals surface area contributed by atoms with Crippen LogP contribution in [0.4, 0.5) is 9.52 Å². The summed E-state index contributed by atoms with van der Waals surface area (Å²) in [5.74, 6) is 3.99. The summed E-state index contributed by atoms with van der Waals surface area (Å²) in [6.07, 6.45) is 9.13. The van der Waals surface area contributed by atoms with Gasteiger partial charge in [0.25, 0.3) is 0 Å². The van der Waals surface area contributed by atoms with E-state index in [9.17, 15) is 4.39 Å². The van der Waals surface area contributed by atoms with Crippen molar-refractivity contribution in [2.45, 2.75) is 46.1 Å². The topological polar surface area (TPSA) is 25.4 Å². The second-order valence-corrected chi connectivity index (χ2v) is 10.3. The lowest BCUT2D eigenvalue weighted by Gasteiger charge is -2.31. The van der Waals surface area contributed by atoms with Crippen molar-refractivity contribution in [3.05, 3.63) is 62.7 Å². The van der Waals surface area contributed by atoms with Gasteiger partial charge in [-0.1, -0.05) is 42.5 Å². The third-order valence-electron chi connectivity index (χ3n) is 6.24. The number of benzene rings is 2. The average molecular weight is 520 g/mol. The van der Waals surface area contributed by atoms with Crippen LogP contribution in [0.25, 0.3) is 11.3 Å². The summed E-state index contributed by atoms with van der Waals surface area (Å²) in [6, 6.07) is 9.31. The third kappa shape index (κ3) is 5.51. The molecular formula is C27H29Cl2FN2OS. The molecule has 0 amide bonds. The summed E-state index contributed by atoms with van der Waals surface area (Å²) < 4.78 is 19.9. The molecule has 34 heavy (non-hydrogen) atoms. The molecule has 0 aliphatic heterocycles. The van der Waals surface area contributed by atoms with E-state index < -0.39 is 0 Å². The minimum atomic E-state index is -0.189. The monoisotopic (exact) mass is 518 g/mol. The van der Waals surface area contributed by atoms with Crippen LogP contribution in [0.15, 0.2) is 30.3 Å². The summed E-state index contributed by atoms with van der Waals surface area (Å²) in [6.45, 7) is 6.21. The SMILES string of the molecule is C#CCN(c1nc(-c2cc(C)c(OC)cc2Cl)c(C)s1)C(CC1CC1)c1ccc(C)c(F)c1.Cl. The molecule has 3 nitrogen and oxygen atoms in total. The Morgan fingerprint density at radius 3 is 2.59 bits per heavy atom. The van der Waals surface area contributed by atoms with Crippen molar-refractivity contribution in [1.29, 1.82) is 0 Å². The first-order valence-corrected chi connectivity index (χ1v) is 12.3. The van der Waals surface area contributed by atoms with E-state index in [0.29, 0.717) is 23.0 Å². The van der Waals surface area contributed by atoms with E-state index >= 15 is 0 Å². The van der Waals surface area contributed by atoms with E-state index in [4.69, 9.17) is 27.7 Å². The summed E-state index contributed by atoms with van der Waals surface area (Å²) in [5.41, 5.74) is 4.29. The third-order valence-corrected chi connectivity index (χ3v) is 7.56. The first kappa shape index (κ1) is 26.3. The molecule has 1 aromatic heterocycles. The number of anilines is 1. The quantitative estimate of drug-likeness (QED) is 0.283. The summed E-state index contributed by atoms with van der Waals surface area (Å²) in [5, 5.41) is 1.42. The molecule has 0 bridgehead atoms. The summed E-state index contributed by atoms with van der Waals surface area (Å²) >= 11 is 8.20. The molecule has 1 unspecified atom stereocenters. The molecule has 1 aliphatic carbocycles. The highest BCUT2D eigenvalue weighted by Gasteiger charge is 2.32. The van der Waals surface area contributed by atoms with Gasteiger partial charge < -0.3 is 9.64 Å². The number of hydrogen-bond donors (Lipinski definition) is 0. The van der Waals surface area contributed by atoms with Gasteiger partial charge in [-0.3, -0.25) is 0 Å². The Hall–Kier alpha value is -2.26. The second kappa shape index (κ2) is 11.0. The van der Waals surface area contributed by atoms with Crippen molar-refractivity contribution in [3.8, 4) is 29.4 Å². The number of ether oxygens (including phenoxy) is 1. The van der Waals surface area contributed by atoms with E-state index in [-0.39, 0.29) is 24.3 Å². The van der Waals surface area contributed by atoms with Crippen LogP contribution in [0.2, 0.25) is 5.02 Å². The van der Waals surface area contributed by atoms with Crippen molar-refractivity contribution >= 4 is 40.5 Å². The van der Waals surface area contributed by atoms with Gasteiger partial charge in [-0.05, 0) is 68.0 Å². The Bertz CT molecular complexity index is 1220. The van der Waals surface area contributed by atoms with E-state index in [2.05, 4.69) is 10.8 Å². The van der Waals surface area contributed by atoms with Gasteiger partial charge in [0.05, 0.1) is 30.4 Å². The standard InChI is InChI=1S/C27H28ClFN2OS.ClH/c1-6-11-31(24(13-19-8-9-19)20-10-7-16(2)23(29)14-20)27-30-26(18(4)33-27)21-12-17(3)25(32-5)15-22(21)28;/h1,7,10,12,14-15,19,24H,8-9,11,13H2,2-5H3;1H. The Morgan fingerprint density at radius 2 is 1.97 bits per heavy atom. The Labute approximate surface area is 216 Å². The molecule has 1 saturated carbocycles. The molecule has 0 spiro atoms. The number of nitrogens with zero attached hydrogens (tertiary/aromatic N) is 2. The average Bonchev–Trinajstić information content (AvgIpc) is 3.53. The lowest BCUT2D eigenvalue weighted by molar-refractivity contribution is 0.412. The molecule has 7 heteroatoms. The van der Waals surface area contributed by atoms with Gasteiger partial charge in [0.2, 0.25) is 0 Å². The Balaban J connectivity index is 0.00000324. The fraction of sp³-hybridized carbons (Fsp3) is 0.370. The van der Waals surface area contributed by atoms with Crippen molar-refractivity contribution in [3.63, 3.8) is 0 Å². The van der Waals surface area contributed by atoms with Crippen LogP contribution in [0.5, 0.6) is 5.75 Å². The first-order chi connectivity index (χ1) is 15.8. The first-order valence-electron chi connectivity index (χ1n) is 11.1. The maximum absolute atomic E-state index is 14.5. The van der Waals surface area contributed by atoms with E-state index in [1.54, 1.807) is 31.4 Å². The van der Waals surface area contributed by atoms with Gasteiger partial charge in [-0.15, -0.1) is 30.2 Å². The molecule has 1 heterocycles. The molecule has 4 rings (SSSR count). The molecule has 2 aromatic carbocycles. The molecule has 1 atom stereocenters. The zero-order chi connectivity index (χ0) is 23.7. The van der Waals surface area contributed by atoms with Gasteiger partial charge in [0.15, 0.2) is 5.13 Å². The lowest BCUT2D eigenvalue weighted by Crippen LogP contribution is -2.29. The number of halogens is 3. The van der Waals surface area contributed by atoms with Crippen LogP contribution in [-0.4, -0.2) is 18.6 Å². The maximum Gasteiger partial charge on any atom is 0.187 e. The molecule has 0 saturated heterocycles. The smallest absolute Gasteiger partial charge is 0.187 e. The number of hydrogen-bond acceptors (Lipinski definition) is 4. The van der Waals surface area contributed by atoms with Crippen molar-refractivity contribution in [1.82, 2.24) is 4.98 Å². The molecule has 0 N–H and O–H groups in total. The number of thiazole rings is 1. The molecular weight excluding hydrogens is 490 g/mol. The van der Waals surface area contributed by atoms with Crippen LogP contribution in [0.3, 0.4) is 0 Å². The van der Waals surface area contributed by atoms with Crippen LogP contribution in [0.1, 0.15) is 46.9 Å². The van der Waals surface area contributed by atoms with Crippen molar-refractivity contribution < 1.29 is 9.13 Å². The van der Waals surface area contributed by atoms with Crippen LogP contribution < -0.4 is 9.64 Å². The Kier molecular flexibility index (Phi) is 8.52. The highest BCUT2D eigenvalue weighted by molar-refractivity contribution is 7.16. The molecule has 1 aliphatic rings. The Morgan fingerprint density at radius 1 is 1.24 bits per heavy atom. The summed E-state index contributed by atoms with van der Waals surface area (Å²) in [7, 11) is 1.64.